The summed E-state index contributed by atoms with van der Waals surface area (Å²) in [6, 6.07) is 7.69. The maximum absolute atomic E-state index is 12.3. The molecule has 0 heterocycles. The first kappa shape index (κ1) is 17.5. The van der Waals surface area contributed by atoms with E-state index >= 15 is 0 Å². The van der Waals surface area contributed by atoms with E-state index in [0.717, 1.165) is 18.8 Å². The van der Waals surface area contributed by atoms with Gasteiger partial charge in [0, 0.05) is 45.6 Å². The van der Waals surface area contributed by atoms with Crippen molar-refractivity contribution in [1.82, 2.24) is 4.90 Å². The van der Waals surface area contributed by atoms with Crippen molar-refractivity contribution in [2.75, 3.05) is 45.8 Å². The van der Waals surface area contributed by atoms with Crippen LogP contribution in [0.5, 0.6) is 0 Å². The number of carbonyl (C=O) groups is 1. The SMILES string of the molecule is CCN(CC)c1ccc(C(=O)N(C)CC(OC)OC)cc1. The predicted octanol–water partition coefficient (Wildman–Crippen LogP) is 2.22. The molecule has 0 unspecified atom stereocenters. The number of rotatable bonds is 8. The number of carbonyl (C=O) groups excluding carboxylic acids is 1. The minimum atomic E-state index is -0.408. The van der Waals surface area contributed by atoms with Crippen LogP contribution in [0.4, 0.5) is 5.69 Å². The summed E-state index contributed by atoms with van der Waals surface area (Å²) in [5.41, 5.74) is 1.80. The van der Waals surface area contributed by atoms with Crippen LogP contribution in [0.25, 0.3) is 0 Å². The van der Waals surface area contributed by atoms with Gasteiger partial charge in [-0.1, -0.05) is 0 Å². The Bertz CT molecular complexity index is 426. The van der Waals surface area contributed by atoms with Crippen molar-refractivity contribution in [3.05, 3.63) is 29.8 Å². The summed E-state index contributed by atoms with van der Waals surface area (Å²) in [5, 5.41) is 0. The molecule has 0 bridgehead atoms. The predicted molar refractivity (Wildman–Crippen MR) is 84.8 cm³/mol. The average molecular weight is 294 g/mol. The molecule has 21 heavy (non-hydrogen) atoms. The third kappa shape index (κ3) is 4.72. The fourth-order valence-corrected chi connectivity index (χ4v) is 2.18. The van der Waals surface area contributed by atoms with Gasteiger partial charge in [-0.15, -0.1) is 0 Å². The zero-order valence-corrected chi connectivity index (χ0v) is 13.6. The summed E-state index contributed by atoms with van der Waals surface area (Å²) >= 11 is 0. The smallest absolute Gasteiger partial charge is 0.253 e. The molecule has 118 valence electrons. The molecule has 0 fully saturated rings. The number of likely N-dealkylation sites (N-methyl/N-ethyl adjacent to an activating group) is 1. The number of amides is 1. The van der Waals surface area contributed by atoms with Gasteiger partial charge >= 0.3 is 0 Å². The third-order valence-electron chi connectivity index (χ3n) is 3.54. The topological polar surface area (TPSA) is 42.0 Å². The molecule has 1 amide bonds. The number of hydrogen-bond donors (Lipinski definition) is 0. The first-order valence-corrected chi connectivity index (χ1v) is 7.23. The van der Waals surface area contributed by atoms with Gasteiger partial charge < -0.3 is 19.3 Å². The van der Waals surface area contributed by atoms with E-state index < -0.39 is 6.29 Å². The molecule has 0 aromatic heterocycles. The van der Waals surface area contributed by atoms with Gasteiger partial charge in [0.05, 0.1) is 6.54 Å². The van der Waals surface area contributed by atoms with Crippen LogP contribution in [-0.4, -0.2) is 58.0 Å². The average Bonchev–Trinajstić information content (AvgIpc) is 2.53. The van der Waals surface area contributed by atoms with E-state index in [1.54, 1.807) is 26.2 Å². The molecular formula is C16H26N2O3. The Kier molecular flexibility index (Phi) is 7.19. The van der Waals surface area contributed by atoms with Gasteiger partial charge in [-0.25, -0.2) is 0 Å². The van der Waals surface area contributed by atoms with Gasteiger partial charge in [0.15, 0.2) is 6.29 Å². The second-order valence-corrected chi connectivity index (χ2v) is 4.81. The highest BCUT2D eigenvalue weighted by atomic mass is 16.7. The molecule has 5 nitrogen and oxygen atoms in total. The molecule has 0 radical (unpaired) electrons. The van der Waals surface area contributed by atoms with Gasteiger partial charge in [0.2, 0.25) is 0 Å². The fourth-order valence-electron chi connectivity index (χ4n) is 2.18. The highest BCUT2D eigenvalue weighted by Crippen LogP contribution is 2.16. The number of ether oxygens (including phenoxy) is 2. The van der Waals surface area contributed by atoms with Crippen molar-refractivity contribution in [3.8, 4) is 0 Å². The molecule has 1 aromatic carbocycles. The van der Waals surface area contributed by atoms with Crippen LogP contribution in [0, 0.1) is 0 Å². The molecule has 0 aliphatic rings. The van der Waals surface area contributed by atoms with Crippen molar-refractivity contribution in [2.24, 2.45) is 0 Å². The van der Waals surface area contributed by atoms with Crippen molar-refractivity contribution < 1.29 is 14.3 Å². The van der Waals surface area contributed by atoms with E-state index in [1.165, 1.54) is 0 Å². The maximum Gasteiger partial charge on any atom is 0.253 e. The third-order valence-corrected chi connectivity index (χ3v) is 3.54. The van der Waals surface area contributed by atoms with Crippen LogP contribution < -0.4 is 4.90 Å². The summed E-state index contributed by atoms with van der Waals surface area (Å²) in [6.07, 6.45) is -0.408. The van der Waals surface area contributed by atoms with Crippen molar-refractivity contribution in [1.29, 1.82) is 0 Å². The van der Waals surface area contributed by atoms with Gasteiger partial charge in [0.25, 0.3) is 5.91 Å². The molecule has 0 saturated carbocycles. The summed E-state index contributed by atoms with van der Waals surface area (Å²) in [6.45, 7) is 6.53. The van der Waals surface area contributed by atoms with Crippen LogP contribution in [0.15, 0.2) is 24.3 Å². The normalized spacial score (nSPS) is 10.8. The summed E-state index contributed by atoms with van der Waals surface area (Å²) in [4.78, 5) is 16.2. The van der Waals surface area contributed by atoms with Crippen molar-refractivity contribution in [3.63, 3.8) is 0 Å². The molecule has 0 aliphatic carbocycles. The van der Waals surface area contributed by atoms with Gasteiger partial charge in [0.1, 0.15) is 0 Å². The Hall–Kier alpha value is -1.59. The molecule has 1 rings (SSSR count). The lowest BCUT2D eigenvalue weighted by Crippen LogP contribution is -2.36. The fraction of sp³-hybridized carbons (Fsp3) is 0.562. The summed E-state index contributed by atoms with van der Waals surface area (Å²) in [5.74, 6) is -0.0415. The number of nitrogens with zero attached hydrogens (tertiary/aromatic N) is 2. The molecule has 0 spiro atoms. The lowest BCUT2D eigenvalue weighted by Gasteiger charge is -2.23. The lowest BCUT2D eigenvalue weighted by molar-refractivity contribution is -0.110. The molecule has 1 aromatic rings. The van der Waals surface area contributed by atoms with E-state index in [0.29, 0.717) is 12.1 Å². The minimum Gasteiger partial charge on any atom is -0.372 e. The monoisotopic (exact) mass is 294 g/mol. The van der Waals surface area contributed by atoms with Crippen LogP contribution in [0.1, 0.15) is 24.2 Å². The second-order valence-electron chi connectivity index (χ2n) is 4.81. The molecule has 0 atom stereocenters. The van der Waals surface area contributed by atoms with Crippen LogP contribution in [0.2, 0.25) is 0 Å². The van der Waals surface area contributed by atoms with E-state index in [2.05, 4.69) is 18.7 Å². The number of benzene rings is 1. The summed E-state index contributed by atoms with van der Waals surface area (Å²) < 4.78 is 10.2. The van der Waals surface area contributed by atoms with Crippen molar-refractivity contribution >= 4 is 11.6 Å². The quantitative estimate of drug-likeness (QED) is 0.690. The zero-order chi connectivity index (χ0) is 15.8. The number of methoxy groups -OCH3 is 2. The summed E-state index contributed by atoms with van der Waals surface area (Å²) in [7, 11) is 4.86. The minimum absolute atomic E-state index is 0.0415. The first-order valence-electron chi connectivity index (χ1n) is 7.23. The second kappa shape index (κ2) is 8.64. The van der Waals surface area contributed by atoms with Crippen LogP contribution in [0.3, 0.4) is 0 Å². The number of anilines is 1. The highest BCUT2D eigenvalue weighted by Gasteiger charge is 2.16. The standard InChI is InChI=1S/C16H26N2O3/c1-6-18(7-2)14-10-8-13(9-11-14)16(19)17(3)12-15(20-4)21-5/h8-11,15H,6-7,12H2,1-5H3. The van der Waals surface area contributed by atoms with E-state index in [4.69, 9.17) is 9.47 Å². The lowest BCUT2D eigenvalue weighted by atomic mass is 10.1. The Balaban J connectivity index is 2.74. The van der Waals surface area contributed by atoms with E-state index in [9.17, 15) is 4.79 Å². The molecule has 0 N–H and O–H groups in total. The largest absolute Gasteiger partial charge is 0.372 e. The highest BCUT2D eigenvalue weighted by molar-refractivity contribution is 5.94. The molecular weight excluding hydrogens is 268 g/mol. The first-order chi connectivity index (χ1) is 10.1. The van der Waals surface area contributed by atoms with Crippen LogP contribution >= 0.6 is 0 Å². The van der Waals surface area contributed by atoms with E-state index in [-0.39, 0.29) is 5.91 Å². The Morgan fingerprint density at radius 1 is 1.10 bits per heavy atom. The van der Waals surface area contributed by atoms with Crippen LogP contribution in [-0.2, 0) is 9.47 Å². The zero-order valence-electron chi connectivity index (χ0n) is 13.6. The maximum atomic E-state index is 12.3. The molecule has 0 saturated heterocycles. The Morgan fingerprint density at radius 3 is 2.05 bits per heavy atom. The Morgan fingerprint density at radius 2 is 1.62 bits per heavy atom. The van der Waals surface area contributed by atoms with Gasteiger partial charge in [-0.3, -0.25) is 4.79 Å². The molecule has 0 aliphatic heterocycles. The molecule has 5 heteroatoms. The number of hydrogen-bond acceptors (Lipinski definition) is 4. The van der Waals surface area contributed by atoms with Gasteiger partial charge in [-0.2, -0.15) is 0 Å². The van der Waals surface area contributed by atoms with E-state index in [1.807, 2.05) is 24.3 Å². The van der Waals surface area contributed by atoms with Gasteiger partial charge in [-0.05, 0) is 38.1 Å². The van der Waals surface area contributed by atoms with Crippen molar-refractivity contribution in [2.45, 2.75) is 20.1 Å². The Labute approximate surface area is 127 Å².